The van der Waals surface area contributed by atoms with Crippen LogP contribution in [0.5, 0.6) is 11.5 Å². The average Bonchev–Trinajstić information content (AvgIpc) is 3.22. The second-order valence-electron chi connectivity index (χ2n) is 5.95. The third-order valence-electron chi connectivity index (χ3n) is 4.12. The van der Waals surface area contributed by atoms with Gasteiger partial charge >= 0.3 is 0 Å². The molecule has 0 spiro atoms. The molecular formula is C18H17N5O3. The van der Waals surface area contributed by atoms with E-state index in [-0.39, 0.29) is 12.0 Å². The van der Waals surface area contributed by atoms with E-state index < -0.39 is 0 Å². The number of hydrogen-bond acceptors (Lipinski definition) is 6. The third kappa shape index (κ3) is 3.08. The number of aromatic nitrogens is 4. The van der Waals surface area contributed by atoms with Gasteiger partial charge in [-0.15, -0.1) is 5.10 Å². The largest absolute Gasteiger partial charge is 0.486 e. The second-order valence-corrected chi connectivity index (χ2v) is 5.95. The van der Waals surface area contributed by atoms with Crippen LogP contribution in [-0.4, -0.2) is 57.3 Å². The van der Waals surface area contributed by atoms with Gasteiger partial charge in [0.25, 0.3) is 5.91 Å². The van der Waals surface area contributed by atoms with Crippen LogP contribution in [0.4, 0.5) is 0 Å². The maximum absolute atomic E-state index is 12.9. The van der Waals surface area contributed by atoms with Crippen LogP contribution < -0.4 is 9.47 Å². The Hall–Kier alpha value is -3.42. The number of benzene rings is 2. The van der Waals surface area contributed by atoms with Gasteiger partial charge in [0.1, 0.15) is 12.9 Å². The highest BCUT2D eigenvalue weighted by molar-refractivity contribution is 5.97. The van der Waals surface area contributed by atoms with Crippen molar-refractivity contribution in [2.75, 3.05) is 20.2 Å². The molecule has 0 radical (unpaired) electrons. The Labute approximate surface area is 149 Å². The molecule has 4 rings (SSSR count). The zero-order chi connectivity index (χ0) is 17.9. The van der Waals surface area contributed by atoms with Gasteiger partial charge in [-0.05, 0) is 34.7 Å². The quantitative estimate of drug-likeness (QED) is 0.710. The molecular weight excluding hydrogens is 334 g/mol. The molecule has 2 heterocycles. The van der Waals surface area contributed by atoms with Crippen LogP contribution in [0.25, 0.3) is 5.69 Å². The van der Waals surface area contributed by atoms with Gasteiger partial charge < -0.3 is 14.4 Å². The molecule has 1 unspecified atom stereocenters. The van der Waals surface area contributed by atoms with E-state index in [0.29, 0.717) is 30.2 Å². The SMILES string of the molecule is CN(CC1COc2ccccc2O1)C(=O)c1ccccc1-n1cnnn1. The summed E-state index contributed by atoms with van der Waals surface area (Å²) in [5.41, 5.74) is 1.14. The van der Waals surface area contributed by atoms with E-state index in [1.165, 1.54) is 11.0 Å². The summed E-state index contributed by atoms with van der Waals surface area (Å²) in [6.45, 7) is 0.792. The van der Waals surface area contributed by atoms with Crippen LogP contribution in [0, 0.1) is 0 Å². The molecule has 0 bridgehead atoms. The average molecular weight is 351 g/mol. The predicted molar refractivity (Wildman–Crippen MR) is 92.5 cm³/mol. The van der Waals surface area contributed by atoms with Gasteiger partial charge in [0.2, 0.25) is 0 Å². The monoisotopic (exact) mass is 351 g/mol. The minimum absolute atomic E-state index is 0.140. The van der Waals surface area contributed by atoms with E-state index in [4.69, 9.17) is 9.47 Å². The molecule has 26 heavy (non-hydrogen) atoms. The number of amides is 1. The van der Waals surface area contributed by atoms with Crippen LogP contribution in [0.3, 0.4) is 0 Å². The molecule has 0 fully saturated rings. The fourth-order valence-electron chi connectivity index (χ4n) is 2.87. The fraction of sp³-hybridized carbons (Fsp3) is 0.222. The summed E-state index contributed by atoms with van der Waals surface area (Å²) in [5, 5.41) is 11.1. The Morgan fingerprint density at radius 1 is 1.19 bits per heavy atom. The number of rotatable bonds is 4. The summed E-state index contributed by atoms with van der Waals surface area (Å²) in [4.78, 5) is 14.5. The first kappa shape index (κ1) is 16.1. The molecule has 1 aliphatic rings. The Morgan fingerprint density at radius 3 is 2.77 bits per heavy atom. The molecule has 1 aromatic heterocycles. The lowest BCUT2D eigenvalue weighted by molar-refractivity contribution is 0.0521. The highest BCUT2D eigenvalue weighted by Crippen LogP contribution is 2.31. The number of likely N-dealkylation sites (N-methyl/N-ethyl adjacent to an activating group) is 1. The lowest BCUT2D eigenvalue weighted by Gasteiger charge is -2.29. The van der Waals surface area contributed by atoms with Gasteiger partial charge in [-0.1, -0.05) is 24.3 Å². The molecule has 8 nitrogen and oxygen atoms in total. The van der Waals surface area contributed by atoms with Crippen LogP contribution in [0.1, 0.15) is 10.4 Å². The number of nitrogens with zero attached hydrogens (tertiary/aromatic N) is 5. The smallest absolute Gasteiger partial charge is 0.255 e. The van der Waals surface area contributed by atoms with E-state index in [9.17, 15) is 4.79 Å². The molecule has 3 aromatic rings. The standard InChI is InChI=1S/C18H17N5O3/c1-22(10-13-11-25-16-8-4-5-9-17(16)26-13)18(24)14-6-2-3-7-15(14)23-12-19-20-21-23/h2-9,12-13H,10-11H2,1H3. The van der Waals surface area contributed by atoms with E-state index in [1.54, 1.807) is 24.1 Å². The van der Waals surface area contributed by atoms with Crippen LogP contribution in [0.15, 0.2) is 54.9 Å². The molecule has 132 valence electrons. The van der Waals surface area contributed by atoms with Crippen molar-refractivity contribution in [1.29, 1.82) is 0 Å². The summed E-state index contributed by atoms with van der Waals surface area (Å²) < 4.78 is 13.1. The Kier molecular flexibility index (Phi) is 4.22. The number of ether oxygens (including phenoxy) is 2. The number of carbonyl (C=O) groups is 1. The van der Waals surface area contributed by atoms with Crippen LogP contribution in [-0.2, 0) is 0 Å². The first-order valence-electron chi connectivity index (χ1n) is 8.18. The lowest BCUT2D eigenvalue weighted by atomic mass is 10.1. The van der Waals surface area contributed by atoms with E-state index >= 15 is 0 Å². The molecule has 0 aliphatic carbocycles. The Morgan fingerprint density at radius 2 is 1.96 bits per heavy atom. The van der Waals surface area contributed by atoms with Crippen LogP contribution in [0.2, 0.25) is 0 Å². The first-order valence-corrected chi connectivity index (χ1v) is 8.18. The minimum atomic E-state index is -0.237. The van der Waals surface area contributed by atoms with Crippen molar-refractivity contribution < 1.29 is 14.3 Å². The van der Waals surface area contributed by atoms with Gasteiger partial charge in [-0.25, -0.2) is 0 Å². The zero-order valence-electron chi connectivity index (χ0n) is 14.1. The first-order chi connectivity index (χ1) is 12.7. The lowest BCUT2D eigenvalue weighted by Crippen LogP contribution is -2.42. The van der Waals surface area contributed by atoms with Gasteiger partial charge in [-0.3, -0.25) is 4.79 Å². The molecule has 0 saturated carbocycles. The summed E-state index contributed by atoms with van der Waals surface area (Å²) in [6, 6.07) is 14.7. The summed E-state index contributed by atoms with van der Waals surface area (Å²) in [5.74, 6) is 1.28. The van der Waals surface area contributed by atoms with Gasteiger partial charge in [0.05, 0.1) is 17.8 Å². The number of para-hydroxylation sites is 3. The van der Waals surface area contributed by atoms with Gasteiger partial charge in [-0.2, -0.15) is 4.68 Å². The molecule has 0 N–H and O–H groups in total. The van der Waals surface area contributed by atoms with Crippen molar-refractivity contribution in [3.05, 3.63) is 60.4 Å². The van der Waals surface area contributed by atoms with Crippen molar-refractivity contribution in [2.45, 2.75) is 6.10 Å². The second kappa shape index (κ2) is 6.83. The van der Waals surface area contributed by atoms with Gasteiger partial charge in [0, 0.05) is 7.05 Å². The molecule has 1 aliphatic heterocycles. The molecule has 2 aromatic carbocycles. The highest BCUT2D eigenvalue weighted by Gasteiger charge is 2.25. The van der Waals surface area contributed by atoms with E-state index in [1.807, 2.05) is 36.4 Å². The van der Waals surface area contributed by atoms with Gasteiger partial charge in [0.15, 0.2) is 17.6 Å². The molecule has 0 saturated heterocycles. The van der Waals surface area contributed by atoms with Crippen molar-refractivity contribution >= 4 is 5.91 Å². The number of tetrazole rings is 1. The minimum Gasteiger partial charge on any atom is -0.486 e. The number of fused-ring (bicyclic) bond motifs is 1. The maximum Gasteiger partial charge on any atom is 0.255 e. The third-order valence-corrected chi connectivity index (χ3v) is 4.12. The predicted octanol–water partition coefficient (Wildman–Crippen LogP) is 1.57. The van der Waals surface area contributed by atoms with Crippen LogP contribution >= 0.6 is 0 Å². The van der Waals surface area contributed by atoms with Crippen molar-refractivity contribution in [1.82, 2.24) is 25.1 Å². The zero-order valence-corrected chi connectivity index (χ0v) is 14.1. The summed E-state index contributed by atoms with van der Waals surface area (Å²) in [6.07, 6.45) is 1.22. The molecule has 1 atom stereocenters. The topological polar surface area (TPSA) is 82.4 Å². The summed E-state index contributed by atoms with van der Waals surface area (Å²) >= 11 is 0. The number of hydrogen-bond donors (Lipinski definition) is 0. The van der Waals surface area contributed by atoms with Crippen molar-refractivity contribution in [3.63, 3.8) is 0 Å². The van der Waals surface area contributed by atoms with E-state index in [0.717, 1.165) is 5.75 Å². The Bertz CT molecular complexity index is 913. The molecule has 8 heteroatoms. The van der Waals surface area contributed by atoms with Crippen molar-refractivity contribution in [2.24, 2.45) is 0 Å². The highest BCUT2D eigenvalue weighted by atomic mass is 16.6. The fourth-order valence-corrected chi connectivity index (χ4v) is 2.87. The Balaban J connectivity index is 1.50. The van der Waals surface area contributed by atoms with Crippen molar-refractivity contribution in [3.8, 4) is 17.2 Å². The molecule has 1 amide bonds. The maximum atomic E-state index is 12.9. The number of carbonyl (C=O) groups excluding carboxylic acids is 1. The van der Waals surface area contributed by atoms with E-state index in [2.05, 4.69) is 15.5 Å². The summed E-state index contributed by atoms with van der Waals surface area (Å²) in [7, 11) is 1.74. The normalized spacial score (nSPS) is 15.5.